The minimum atomic E-state index is 0.175. The second-order valence-corrected chi connectivity index (χ2v) is 5.69. The first-order valence-electron chi connectivity index (χ1n) is 7.52. The molecule has 0 aromatic heterocycles. The summed E-state index contributed by atoms with van der Waals surface area (Å²) in [5.74, 6) is 1.09. The van der Waals surface area contributed by atoms with E-state index in [0.29, 0.717) is 0 Å². The fraction of sp³-hybridized carbons (Fsp3) is 0.562. The summed E-state index contributed by atoms with van der Waals surface area (Å²) in [5.41, 5.74) is 7.64. The van der Waals surface area contributed by atoms with Crippen LogP contribution in [0.5, 0.6) is 0 Å². The zero-order valence-electron chi connectivity index (χ0n) is 12.3. The fourth-order valence-corrected chi connectivity index (χ4v) is 2.99. The van der Waals surface area contributed by atoms with Gasteiger partial charge in [0.2, 0.25) is 0 Å². The van der Waals surface area contributed by atoms with Gasteiger partial charge in [0, 0.05) is 12.1 Å². The van der Waals surface area contributed by atoms with Crippen LogP contribution in [-0.4, -0.2) is 29.0 Å². The van der Waals surface area contributed by atoms with Crippen molar-refractivity contribution in [3.8, 4) is 0 Å². The van der Waals surface area contributed by atoms with Gasteiger partial charge in [0.25, 0.3) is 0 Å². The van der Waals surface area contributed by atoms with Crippen molar-refractivity contribution in [2.75, 3.05) is 13.1 Å². The van der Waals surface area contributed by atoms with Crippen LogP contribution in [0.3, 0.4) is 0 Å². The molecule has 4 nitrogen and oxygen atoms in total. The molecule has 0 aliphatic carbocycles. The molecular formula is C16H25N3O. The van der Waals surface area contributed by atoms with Gasteiger partial charge in [-0.3, -0.25) is 4.90 Å². The van der Waals surface area contributed by atoms with Crippen LogP contribution in [0.25, 0.3) is 0 Å². The predicted molar refractivity (Wildman–Crippen MR) is 81.9 cm³/mol. The number of piperidine rings is 1. The molecule has 0 unspecified atom stereocenters. The van der Waals surface area contributed by atoms with Crippen molar-refractivity contribution in [3.05, 3.63) is 35.4 Å². The van der Waals surface area contributed by atoms with Gasteiger partial charge in [-0.25, -0.2) is 0 Å². The van der Waals surface area contributed by atoms with Crippen molar-refractivity contribution in [2.45, 2.75) is 39.2 Å². The normalized spacial score (nSPS) is 18.4. The van der Waals surface area contributed by atoms with E-state index in [2.05, 4.69) is 23.0 Å². The second-order valence-electron chi connectivity index (χ2n) is 5.69. The number of nitrogens with zero attached hydrogens (tertiary/aromatic N) is 2. The minimum Gasteiger partial charge on any atom is -0.409 e. The first-order valence-corrected chi connectivity index (χ1v) is 7.52. The van der Waals surface area contributed by atoms with Gasteiger partial charge in [-0.15, -0.1) is 0 Å². The van der Waals surface area contributed by atoms with E-state index in [1.54, 1.807) is 0 Å². The highest BCUT2D eigenvalue weighted by Crippen LogP contribution is 2.23. The van der Waals surface area contributed by atoms with E-state index < -0.39 is 0 Å². The number of oxime groups is 1. The maximum absolute atomic E-state index is 8.73. The summed E-state index contributed by atoms with van der Waals surface area (Å²) in [6, 6.07) is 7.94. The van der Waals surface area contributed by atoms with Gasteiger partial charge in [-0.05, 0) is 43.5 Å². The summed E-state index contributed by atoms with van der Waals surface area (Å²) >= 11 is 0. The quantitative estimate of drug-likeness (QED) is 0.376. The maximum atomic E-state index is 8.73. The number of amidine groups is 1. The molecule has 1 saturated heterocycles. The van der Waals surface area contributed by atoms with Crippen molar-refractivity contribution in [1.29, 1.82) is 0 Å². The molecule has 1 aromatic rings. The lowest BCUT2D eigenvalue weighted by Crippen LogP contribution is -2.33. The zero-order valence-corrected chi connectivity index (χ0v) is 12.3. The molecule has 0 atom stereocenters. The van der Waals surface area contributed by atoms with Crippen LogP contribution in [0.4, 0.5) is 0 Å². The molecule has 1 aromatic carbocycles. The minimum absolute atomic E-state index is 0.175. The van der Waals surface area contributed by atoms with Gasteiger partial charge in [0.15, 0.2) is 5.84 Å². The summed E-state index contributed by atoms with van der Waals surface area (Å²) in [6.07, 6.45) is 5.29. The van der Waals surface area contributed by atoms with Gasteiger partial charge >= 0.3 is 0 Å². The Morgan fingerprint density at radius 3 is 2.80 bits per heavy atom. The average molecular weight is 275 g/mol. The number of nitrogens with two attached hydrogens (primary N) is 1. The molecule has 1 heterocycles. The van der Waals surface area contributed by atoms with E-state index in [1.165, 1.54) is 44.3 Å². The Kier molecular flexibility index (Phi) is 5.41. The molecule has 4 heteroatoms. The van der Waals surface area contributed by atoms with Gasteiger partial charge in [0.05, 0.1) is 0 Å². The van der Waals surface area contributed by atoms with E-state index in [-0.39, 0.29) is 5.84 Å². The van der Waals surface area contributed by atoms with Crippen molar-refractivity contribution in [3.63, 3.8) is 0 Å². The Labute approximate surface area is 121 Å². The first-order chi connectivity index (χ1) is 9.72. The molecule has 0 spiro atoms. The van der Waals surface area contributed by atoms with Gasteiger partial charge in [-0.1, -0.05) is 43.1 Å². The lowest BCUT2D eigenvalue weighted by atomic mass is 9.92. The highest BCUT2D eigenvalue weighted by atomic mass is 16.4. The van der Waals surface area contributed by atoms with Crippen LogP contribution < -0.4 is 5.73 Å². The fourth-order valence-electron chi connectivity index (χ4n) is 2.99. The largest absolute Gasteiger partial charge is 0.409 e. The van der Waals surface area contributed by atoms with E-state index in [0.717, 1.165) is 18.0 Å². The number of hydrogen-bond acceptors (Lipinski definition) is 3. The molecule has 20 heavy (non-hydrogen) atoms. The van der Waals surface area contributed by atoms with Crippen LogP contribution in [0.2, 0.25) is 0 Å². The van der Waals surface area contributed by atoms with Crippen molar-refractivity contribution in [2.24, 2.45) is 16.8 Å². The first kappa shape index (κ1) is 14.9. The summed E-state index contributed by atoms with van der Waals surface area (Å²) in [6.45, 7) is 5.58. The standard InChI is InChI=1S/C16H25N3O/c1-2-4-13-7-9-19(10-8-13)12-14-5-3-6-15(11-14)16(17)18-20/h3,5-6,11,13,20H,2,4,7-10,12H2,1H3,(H2,17,18). The molecule has 0 amide bonds. The Bertz CT molecular complexity index is 451. The van der Waals surface area contributed by atoms with Crippen LogP contribution in [0, 0.1) is 5.92 Å². The van der Waals surface area contributed by atoms with Crippen LogP contribution in [0.15, 0.2) is 29.4 Å². The van der Waals surface area contributed by atoms with Gasteiger partial charge in [-0.2, -0.15) is 0 Å². The highest BCUT2D eigenvalue weighted by Gasteiger charge is 2.18. The Hall–Kier alpha value is -1.55. The number of likely N-dealkylation sites (tertiary alicyclic amines) is 1. The zero-order chi connectivity index (χ0) is 14.4. The summed E-state index contributed by atoms with van der Waals surface area (Å²) in [5, 5.41) is 11.8. The molecule has 0 bridgehead atoms. The van der Waals surface area contributed by atoms with E-state index in [9.17, 15) is 0 Å². The SMILES string of the molecule is CCCC1CCN(Cc2cccc(C(N)=NO)c2)CC1. The third-order valence-corrected chi connectivity index (χ3v) is 4.14. The highest BCUT2D eigenvalue weighted by molar-refractivity contribution is 5.97. The number of rotatable bonds is 5. The van der Waals surface area contributed by atoms with Gasteiger partial charge < -0.3 is 10.9 Å². The molecule has 2 rings (SSSR count). The Morgan fingerprint density at radius 2 is 2.15 bits per heavy atom. The van der Waals surface area contributed by atoms with Crippen LogP contribution in [-0.2, 0) is 6.54 Å². The monoisotopic (exact) mass is 275 g/mol. The topological polar surface area (TPSA) is 61.8 Å². The van der Waals surface area contributed by atoms with Crippen molar-refractivity contribution >= 4 is 5.84 Å². The smallest absolute Gasteiger partial charge is 0.170 e. The lowest BCUT2D eigenvalue weighted by Gasteiger charge is -2.31. The Balaban J connectivity index is 1.91. The second kappa shape index (κ2) is 7.29. The predicted octanol–water partition coefficient (Wildman–Crippen LogP) is 2.79. The third-order valence-electron chi connectivity index (χ3n) is 4.14. The molecule has 1 aliphatic rings. The van der Waals surface area contributed by atoms with E-state index >= 15 is 0 Å². The number of benzene rings is 1. The van der Waals surface area contributed by atoms with Crippen molar-refractivity contribution < 1.29 is 5.21 Å². The van der Waals surface area contributed by atoms with Crippen LogP contribution >= 0.6 is 0 Å². The summed E-state index contributed by atoms with van der Waals surface area (Å²) < 4.78 is 0. The van der Waals surface area contributed by atoms with E-state index in [4.69, 9.17) is 10.9 Å². The van der Waals surface area contributed by atoms with Crippen molar-refractivity contribution in [1.82, 2.24) is 4.90 Å². The lowest BCUT2D eigenvalue weighted by molar-refractivity contribution is 0.172. The maximum Gasteiger partial charge on any atom is 0.170 e. The molecule has 1 fully saturated rings. The Morgan fingerprint density at radius 1 is 1.40 bits per heavy atom. The molecule has 0 radical (unpaired) electrons. The van der Waals surface area contributed by atoms with E-state index in [1.807, 2.05) is 18.2 Å². The molecule has 110 valence electrons. The molecule has 3 N–H and O–H groups in total. The third kappa shape index (κ3) is 3.97. The number of hydrogen-bond donors (Lipinski definition) is 2. The summed E-state index contributed by atoms with van der Waals surface area (Å²) in [4.78, 5) is 2.50. The molecule has 0 saturated carbocycles. The van der Waals surface area contributed by atoms with Gasteiger partial charge in [0.1, 0.15) is 0 Å². The van der Waals surface area contributed by atoms with Crippen LogP contribution in [0.1, 0.15) is 43.7 Å². The average Bonchev–Trinajstić information content (AvgIpc) is 2.49. The molecule has 1 aliphatic heterocycles. The summed E-state index contributed by atoms with van der Waals surface area (Å²) in [7, 11) is 0. The molecular weight excluding hydrogens is 250 g/mol.